The van der Waals surface area contributed by atoms with Crippen LogP contribution in [0.25, 0.3) is 22.0 Å². The van der Waals surface area contributed by atoms with Crippen molar-refractivity contribution in [2.24, 2.45) is 0 Å². The number of alkyl halides is 6. The van der Waals surface area contributed by atoms with Gasteiger partial charge in [-0.25, -0.2) is 0 Å². The molecule has 0 fully saturated rings. The van der Waals surface area contributed by atoms with Crippen molar-refractivity contribution >= 4 is 22.8 Å². The van der Waals surface area contributed by atoms with Crippen LogP contribution in [-0.4, -0.2) is 34.3 Å². The molecule has 4 aromatic rings. The van der Waals surface area contributed by atoms with Gasteiger partial charge in [0.15, 0.2) is 0 Å². The summed E-state index contributed by atoms with van der Waals surface area (Å²) in [6, 6.07) is 17.8. The Hall–Kier alpha value is -4.28. The number of hydrogen-bond donors (Lipinski definition) is 2. The van der Waals surface area contributed by atoms with E-state index >= 15 is 0 Å². The van der Waals surface area contributed by atoms with Crippen LogP contribution in [0, 0.1) is 0 Å². The lowest BCUT2D eigenvalue weighted by atomic mass is 9.98. The second-order valence-corrected chi connectivity index (χ2v) is 9.62. The van der Waals surface area contributed by atoms with Crippen LogP contribution >= 0.6 is 0 Å². The molecule has 0 aliphatic carbocycles. The third-order valence-corrected chi connectivity index (χ3v) is 6.72. The van der Waals surface area contributed by atoms with E-state index in [1.807, 2.05) is 10.6 Å². The van der Waals surface area contributed by atoms with E-state index in [0.717, 1.165) is 23.0 Å². The van der Waals surface area contributed by atoms with Gasteiger partial charge >= 0.3 is 18.3 Å². The number of carboxylic acids is 1. The third kappa shape index (κ3) is 7.68. The molecule has 0 bridgehead atoms. The Morgan fingerprint density at radius 2 is 1.51 bits per heavy atom. The molecular weight excluding hydrogens is 550 g/mol. The second kappa shape index (κ2) is 12.1. The van der Waals surface area contributed by atoms with Gasteiger partial charge in [-0.05, 0) is 72.0 Å². The van der Waals surface area contributed by atoms with Crippen molar-refractivity contribution in [1.82, 2.24) is 9.88 Å². The third-order valence-electron chi connectivity index (χ3n) is 6.72. The van der Waals surface area contributed by atoms with Crippen molar-refractivity contribution in [2.45, 2.75) is 44.1 Å². The van der Waals surface area contributed by atoms with Crippen molar-refractivity contribution in [2.75, 3.05) is 6.54 Å². The molecule has 0 saturated heterocycles. The zero-order chi connectivity index (χ0) is 29.8. The number of carboxylic acid groups (broad SMARTS) is 1. The van der Waals surface area contributed by atoms with E-state index in [4.69, 9.17) is 5.11 Å². The maximum absolute atomic E-state index is 12.9. The monoisotopic (exact) mass is 576 g/mol. The molecule has 5 nitrogen and oxygen atoms in total. The first-order chi connectivity index (χ1) is 19.3. The van der Waals surface area contributed by atoms with Crippen molar-refractivity contribution in [1.29, 1.82) is 0 Å². The average Bonchev–Trinajstić information content (AvgIpc) is 3.33. The maximum Gasteiger partial charge on any atom is 0.416 e. The van der Waals surface area contributed by atoms with E-state index < -0.39 is 42.3 Å². The zero-order valence-corrected chi connectivity index (χ0v) is 21.6. The number of nitrogens with one attached hydrogen (secondary N) is 1. The SMILES string of the molecule is O=C(O)CCNC(=O)c1ccc(C(CCCC(F)(F)F)n2ccc3cc(-c4ccc(C(F)(F)F)cc4)ccc32)cc1. The van der Waals surface area contributed by atoms with Crippen LogP contribution in [-0.2, 0) is 11.0 Å². The molecule has 2 N–H and O–H groups in total. The molecule has 216 valence electrons. The highest BCUT2D eigenvalue weighted by molar-refractivity contribution is 5.94. The van der Waals surface area contributed by atoms with E-state index in [0.29, 0.717) is 16.7 Å². The Kier molecular flexibility index (Phi) is 8.74. The van der Waals surface area contributed by atoms with E-state index in [2.05, 4.69) is 5.32 Å². The normalized spacial score (nSPS) is 12.8. The summed E-state index contributed by atoms with van der Waals surface area (Å²) in [6.07, 6.45) is -8.15. The van der Waals surface area contributed by atoms with Crippen molar-refractivity contribution in [3.8, 4) is 11.1 Å². The van der Waals surface area contributed by atoms with E-state index in [1.54, 1.807) is 36.5 Å². The minimum absolute atomic E-state index is 0.0419. The molecule has 3 aromatic carbocycles. The largest absolute Gasteiger partial charge is 0.481 e. The highest BCUT2D eigenvalue weighted by Crippen LogP contribution is 2.35. The predicted molar refractivity (Wildman–Crippen MR) is 141 cm³/mol. The average molecular weight is 577 g/mol. The van der Waals surface area contributed by atoms with E-state index in [9.17, 15) is 35.9 Å². The molecule has 11 heteroatoms. The predicted octanol–water partition coefficient (Wildman–Crippen LogP) is 7.85. The molecule has 1 unspecified atom stereocenters. The number of amides is 1. The quantitative estimate of drug-likeness (QED) is 0.189. The van der Waals surface area contributed by atoms with Gasteiger partial charge in [0.25, 0.3) is 5.91 Å². The lowest BCUT2D eigenvalue weighted by Crippen LogP contribution is -2.26. The van der Waals surface area contributed by atoms with E-state index in [-0.39, 0.29) is 31.4 Å². The van der Waals surface area contributed by atoms with Crippen LogP contribution in [0.3, 0.4) is 0 Å². The van der Waals surface area contributed by atoms with Gasteiger partial charge in [0.2, 0.25) is 0 Å². The number of hydrogen-bond acceptors (Lipinski definition) is 2. The molecule has 0 saturated carbocycles. The summed E-state index contributed by atoms with van der Waals surface area (Å²) in [5, 5.41) is 12.0. The second-order valence-electron chi connectivity index (χ2n) is 9.62. The maximum atomic E-state index is 12.9. The number of aliphatic carboxylic acids is 1. The summed E-state index contributed by atoms with van der Waals surface area (Å²) in [4.78, 5) is 23.0. The van der Waals surface area contributed by atoms with Gasteiger partial charge in [-0.3, -0.25) is 9.59 Å². The Morgan fingerprint density at radius 1 is 0.854 bits per heavy atom. The Morgan fingerprint density at radius 3 is 2.12 bits per heavy atom. The first kappa shape index (κ1) is 29.7. The molecule has 0 radical (unpaired) electrons. The fourth-order valence-electron chi connectivity index (χ4n) is 4.67. The summed E-state index contributed by atoms with van der Waals surface area (Å²) in [6.45, 7) is -0.0419. The lowest BCUT2D eigenvalue weighted by Gasteiger charge is -2.22. The Balaban J connectivity index is 1.61. The van der Waals surface area contributed by atoms with Gasteiger partial charge in [0.05, 0.1) is 18.0 Å². The first-order valence-electron chi connectivity index (χ1n) is 12.8. The highest BCUT2D eigenvalue weighted by Gasteiger charge is 2.30. The molecule has 41 heavy (non-hydrogen) atoms. The van der Waals surface area contributed by atoms with Gasteiger partial charge in [-0.1, -0.05) is 30.3 Å². The van der Waals surface area contributed by atoms with Gasteiger partial charge in [0, 0.05) is 35.6 Å². The highest BCUT2D eigenvalue weighted by atomic mass is 19.4. The Bertz CT molecular complexity index is 1510. The van der Waals surface area contributed by atoms with Crippen molar-refractivity contribution in [3.63, 3.8) is 0 Å². The number of carbonyl (C=O) groups is 2. The summed E-state index contributed by atoms with van der Waals surface area (Å²) in [5.41, 5.74) is 2.22. The number of benzene rings is 3. The molecule has 0 spiro atoms. The van der Waals surface area contributed by atoms with Gasteiger partial charge < -0.3 is 15.0 Å². The molecule has 4 rings (SSSR count). The number of carbonyl (C=O) groups excluding carboxylic acids is 1. The number of nitrogens with zero attached hydrogens (tertiary/aromatic N) is 1. The minimum Gasteiger partial charge on any atom is -0.481 e. The molecule has 1 amide bonds. The van der Waals surface area contributed by atoms with Crippen LogP contribution in [0.5, 0.6) is 0 Å². The topological polar surface area (TPSA) is 71.3 Å². The minimum atomic E-state index is -4.44. The van der Waals surface area contributed by atoms with Crippen LogP contribution in [0.4, 0.5) is 26.3 Å². The van der Waals surface area contributed by atoms with Crippen LogP contribution in [0.2, 0.25) is 0 Å². The summed E-state index contributed by atoms with van der Waals surface area (Å²) < 4.78 is 79.5. The smallest absolute Gasteiger partial charge is 0.416 e. The summed E-state index contributed by atoms with van der Waals surface area (Å²) in [5.74, 6) is -1.51. The van der Waals surface area contributed by atoms with Crippen LogP contribution in [0.1, 0.15) is 53.2 Å². The molecule has 1 heterocycles. The molecule has 1 atom stereocenters. The van der Waals surface area contributed by atoms with Gasteiger partial charge in [-0.2, -0.15) is 26.3 Å². The number of fused-ring (bicyclic) bond motifs is 1. The number of aromatic nitrogens is 1. The summed E-state index contributed by atoms with van der Waals surface area (Å²) >= 11 is 0. The van der Waals surface area contributed by atoms with Gasteiger partial charge in [0.1, 0.15) is 0 Å². The molecule has 1 aromatic heterocycles. The standard InChI is InChI=1S/C30H26F6N2O3/c31-29(32,33)15-1-2-25(20-3-5-21(6-4-20)28(41)37-16-13-27(39)40)38-17-14-23-18-22(9-12-26(23)38)19-7-10-24(11-8-19)30(34,35)36/h3-12,14,17-18,25H,1-2,13,15-16H2,(H,37,41)(H,39,40). The van der Waals surface area contributed by atoms with Crippen LogP contribution in [0.15, 0.2) is 79.0 Å². The number of halogens is 6. The van der Waals surface area contributed by atoms with Crippen molar-refractivity contribution in [3.05, 3.63) is 95.7 Å². The molecule has 0 aliphatic rings. The van der Waals surface area contributed by atoms with Crippen LogP contribution < -0.4 is 5.32 Å². The molecular formula is C30H26F6N2O3. The fraction of sp³-hybridized carbons (Fsp3) is 0.267. The summed E-state index contributed by atoms with van der Waals surface area (Å²) in [7, 11) is 0. The fourth-order valence-corrected chi connectivity index (χ4v) is 4.67. The first-order valence-corrected chi connectivity index (χ1v) is 12.8. The van der Waals surface area contributed by atoms with Gasteiger partial charge in [-0.15, -0.1) is 0 Å². The van der Waals surface area contributed by atoms with E-state index in [1.165, 1.54) is 24.3 Å². The lowest BCUT2D eigenvalue weighted by molar-refractivity contribution is -0.138. The Labute approximate surface area is 231 Å². The van der Waals surface area contributed by atoms with Crippen molar-refractivity contribution < 1.29 is 41.0 Å². The molecule has 0 aliphatic heterocycles. The zero-order valence-electron chi connectivity index (χ0n) is 21.6. The number of rotatable bonds is 10.